The van der Waals surface area contributed by atoms with E-state index in [1.165, 1.54) is 4.90 Å². The Kier molecular flexibility index (Phi) is 3.65. The highest BCUT2D eigenvalue weighted by Gasteiger charge is 2.16. The molecule has 0 atom stereocenters. The van der Waals surface area contributed by atoms with Crippen molar-refractivity contribution in [3.63, 3.8) is 0 Å². The lowest BCUT2D eigenvalue weighted by Crippen LogP contribution is -2.21. The van der Waals surface area contributed by atoms with Gasteiger partial charge in [0.05, 0.1) is 0 Å². The molecule has 0 saturated carbocycles. The summed E-state index contributed by atoms with van der Waals surface area (Å²) in [5, 5.41) is 9.29. The molecule has 0 unspecified atom stereocenters. The Morgan fingerprint density at radius 3 is 2.35 bits per heavy atom. The van der Waals surface area contributed by atoms with E-state index < -0.39 is 5.91 Å². The number of carbonyl (C=O) groups is 2. The molecule has 0 fully saturated rings. The first-order valence-corrected chi connectivity index (χ1v) is 5.70. The van der Waals surface area contributed by atoms with Crippen molar-refractivity contribution in [3.05, 3.63) is 35.5 Å². The lowest BCUT2D eigenvalue weighted by molar-refractivity contribution is 0.0827. The van der Waals surface area contributed by atoms with Gasteiger partial charge in [-0.2, -0.15) is 0 Å². The topological polar surface area (TPSA) is 114 Å². The van der Waals surface area contributed by atoms with Crippen molar-refractivity contribution in [1.82, 2.24) is 15.2 Å². The van der Waals surface area contributed by atoms with Crippen molar-refractivity contribution in [3.8, 4) is 0 Å². The third-order valence-corrected chi connectivity index (χ3v) is 2.52. The molecule has 1 aromatic carbocycles. The first-order valence-electron chi connectivity index (χ1n) is 5.70. The van der Waals surface area contributed by atoms with Crippen molar-refractivity contribution in [1.29, 1.82) is 0 Å². The van der Waals surface area contributed by atoms with E-state index in [9.17, 15) is 9.59 Å². The fourth-order valence-corrected chi connectivity index (χ4v) is 1.50. The quantitative estimate of drug-likeness (QED) is 0.848. The van der Waals surface area contributed by atoms with E-state index >= 15 is 0 Å². The molecule has 0 aliphatic carbocycles. The number of hydrogen-bond acceptors (Lipinski definition) is 6. The highest BCUT2D eigenvalue weighted by molar-refractivity contribution is 6.05. The summed E-state index contributed by atoms with van der Waals surface area (Å²) in [5.74, 6) is -0.731. The van der Waals surface area contributed by atoms with Crippen LogP contribution in [0.5, 0.6) is 0 Å². The third kappa shape index (κ3) is 2.74. The van der Waals surface area contributed by atoms with Gasteiger partial charge >= 0.3 is 0 Å². The number of benzene rings is 1. The zero-order chi connectivity index (χ0) is 14.7. The van der Waals surface area contributed by atoms with E-state index in [1.54, 1.807) is 38.4 Å². The average molecular weight is 275 g/mol. The number of carbonyl (C=O) groups excluding carboxylic acids is 2. The molecule has 2 aromatic rings. The first-order chi connectivity index (χ1) is 9.49. The average Bonchev–Trinajstić information content (AvgIpc) is 2.85. The van der Waals surface area contributed by atoms with Gasteiger partial charge in [0, 0.05) is 25.3 Å². The molecule has 2 rings (SSSR count). The van der Waals surface area contributed by atoms with Gasteiger partial charge in [0.1, 0.15) is 0 Å². The molecule has 0 aliphatic rings. The highest BCUT2D eigenvalue weighted by Crippen LogP contribution is 2.13. The normalized spacial score (nSPS) is 10.1. The third-order valence-electron chi connectivity index (χ3n) is 2.52. The summed E-state index contributed by atoms with van der Waals surface area (Å²) in [7, 11) is 3.33. The van der Waals surface area contributed by atoms with Gasteiger partial charge in [0.15, 0.2) is 0 Å². The second kappa shape index (κ2) is 5.39. The van der Waals surface area contributed by atoms with Gasteiger partial charge in [-0.1, -0.05) is 0 Å². The summed E-state index contributed by atoms with van der Waals surface area (Å²) in [4.78, 5) is 25.0. The van der Waals surface area contributed by atoms with Crippen LogP contribution in [0, 0.1) is 0 Å². The summed E-state index contributed by atoms with van der Waals surface area (Å²) in [6.45, 7) is 0. The predicted molar refractivity (Wildman–Crippen MR) is 71.1 cm³/mol. The van der Waals surface area contributed by atoms with E-state index in [0.717, 1.165) is 0 Å². The van der Waals surface area contributed by atoms with Crippen molar-refractivity contribution in [2.75, 3.05) is 25.1 Å². The zero-order valence-corrected chi connectivity index (χ0v) is 11.0. The minimum absolute atomic E-state index is 0.0816. The summed E-state index contributed by atoms with van der Waals surface area (Å²) in [5.41, 5.74) is 6.36. The number of hydrogen-bond donors (Lipinski definition) is 2. The van der Waals surface area contributed by atoms with Gasteiger partial charge in [0.2, 0.25) is 11.5 Å². The van der Waals surface area contributed by atoms with Crippen molar-refractivity contribution in [2.45, 2.75) is 0 Å². The van der Waals surface area contributed by atoms with E-state index in [1.807, 2.05) is 0 Å². The maximum Gasteiger partial charge on any atom is 0.281 e. The molecular weight excluding hydrogens is 262 g/mol. The lowest BCUT2D eigenvalue weighted by Gasteiger charge is -2.10. The molecular formula is C12H13N5O3. The molecule has 0 bridgehead atoms. The molecule has 20 heavy (non-hydrogen) atoms. The Morgan fingerprint density at radius 2 is 1.85 bits per heavy atom. The molecule has 1 heterocycles. The van der Waals surface area contributed by atoms with Gasteiger partial charge in [-0.15, -0.1) is 0 Å². The summed E-state index contributed by atoms with van der Waals surface area (Å²) in [6.07, 6.45) is 0. The van der Waals surface area contributed by atoms with Crippen LogP contribution in [0.25, 0.3) is 0 Å². The second-order valence-corrected chi connectivity index (χ2v) is 4.23. The monoisotopic (exact) mass is 275 g/mol. The van der Waals surface area contributed by atoms with Crippen LogP contribution < -0.4 is 11.1 Å². The van der Waals surface area contributed by atoms with Crippen molar-refractivity contribution in [2.24, 2.45) is 0 Å². The van der Waals surface area contributed by atoms with Gasteiger partial charge in [0.25, 0.3) is 11.8 Å². The Balaban J connectivity index is 2.10. The van der Waals surface area contributed by atoms with E-state index in [2.05, 4.69) is 20.3 Å². The maximum absolute atomic E-state index is 11.8. The van der Waals surface area contributed by atoms with Crippen LogP contribution in [0.2, 0.25) is 0 Å². The van der Waals surface area contributed by atoms with Crippen LogP contribution in [0.15, 0.2) is 28.9 Å². The number of rotatable bonds is 3. The minimum atomic E-state index is -0.532. The second-order valence-electron chi connectivity index (χ2n) is 4.23. The van der Waals surface area contributed by atoms with E-state index in [-0.39, 0.29) is 17.4 Å². The minimum Gasteiger partial charge on any atom is -0.379 e. The Morgan fingerprint density at radius 1 is 1.20 bits per heavy atom. The Bertz CT molecular complexity index is 633. The molecule has 1 aromatic heterocycles. The van der Waals surface area contributed by atoms with Gasteiger partial charge < -0.3 is 16.0 Å². The number of nitrogen functional groups attached to an aromatic ring is 1. The predicted octanol–water partition coefficient (Wildman–Crippen LogP) is 0.606. The highest BCUT2D eigenvalue weighted by atomic mass is 16.6. The van der Waals surface area contributed by atoms with Crippen molar-refractivity contribution < 1.29 is 14.2 Å². The molecule has 0 spiro atoms. The van der Waals surface area contributed by atoms with Crippen LogP contribution in [0.3, 0.4) is 0 Å². The standard InChI is InChI=1S/C12H13N5O3/c1-17(2)12(19)7-3-5-8(6-4-7)14-11(18)9-10(13)16-20-15-9/h3-6H,1-2H3,(H2,13,16)(H,14,18). The van der Waals surface area contributed by atoms with Gasteiger partial charge in [-0.05, 0) is 34.6 Å². The molecule has 2 amide bonds. The summed E-state index contributed by atoms with van der Waals surface area (Å²) in [6, 6.07) is 6.45. The van der Waals surface area contributed by atoms with Crippen LogP contribution in [-0.4, -0.2) is 41.1 Å². The van der Waals surface area contributed by atoms with Crippen LogP contribution in [0.1, 0.15) is 20.8 Å². The van der Waals surface area contributed by atoms with Crippen molar-refractivity contribution >= 4 is 23.3 Å². The number of nitrogens with one attached hydrogen (secondary N) is 1. The maximum atomic E-state index is 11.8. The van der Waals surface area contributed by atoms with Gasteiger partial charge in [-0.3, -0.25) is 9.59 Å². The van der Waals surface area contributed by atoms with Crippen LogP contribution in [-0.2, 0) is 0 Å². The molecule has 0 aliphatic heterocycles. The first kappa shape index (κ1) is 13.5. The lowest BCUT2D eigenvalue weighted by atomic mass is 10.2. The van der Waals surface area contributed by atoms with E-state index in [4.69, 9.17) is 5.73 Å². The fraction of sp³-hybridized carbons (Fsp3) is 0.167. The zero-order valence-electron chi connectivity index (χ0n) is 11.0. The van der Waals surface area contributed by atoms with Crippen LogP contribution in [0.4, 0.5) is 11.5 Å². The molecule has 0 radical (unpaired) electrons. The molecule has 8 nitrogen and oxygen atoms in total. The summed E-state index contributed by atoms with van der Waals surface area (Å²) >= 11 is 0. The van der Waals surface area contributed by atoms with E-state index in [0.29, 0.717) is 11.3 Å². The molecule has 0 saturated heterocycles. The molecule has 104 valence electrons. The number of amides is 2. The number of anilines is 2. The smallest absolute Gasteiger partial charge is 0.281 e. The molecule has 3 N–H and O–H groups in total. The largest absolute Gasteiger partial charge is 0.379 e. The number of nitrogens with zero attached hydrogens (tertiary/aromatic N) is 3. The number of aromatic nitrogens is 2. The summed E-state index contributed by atoms with van der Waals surface area (Å²) < 4.78 is 4.35. The Hall–Kier alpha value is -2.90. The number of nitrogens with two attached hydrogens (primary N) is 1. The van der Waals surface area contributed by atoms with Crippen LogP contribution >= 0.6 is 0 Å². The fourth-order valence-electron chi connectivity index (χ4n) is 1.50. The Labute approximate surface area is 114 Å². The molecule has 8 heteroatoms. The van der Waals surface area contributed by atoms with Gasteiger partial charge in [-0.25, -0.2) is 4.63 Å². The SMILES string of the molecule is CN(C)C(=O)c1ccc(NC(=O)c2nonc2N)cc1.